The van der Waals surface area contributed by atoms with Gasteiger partial charge in [0.2, 0.25) is 11.5 Å². The zero-order valence-corrected chi connectivity index (χ0v) is 17.1. The number of rotatable bonds is 6. The summed E-state index contributed by atoms with van der Waals surface area (Å²) in [6.45, 7) is 0.361. The molecule has 0 saturated heterocycles. The number of benzene rings is 2. The zero-order chi connectivity index (χ0) is 21.8. The third-order valence-corrected chi connectivity index (χ3v) is 5.23. The molecule has 1 unspecified atom stereocenters. The maximum absolute atomic E-state index is 12.7. The maximum Gasteiger partial charge on any atom is 0.426 e. The van der Waals surface area contributed by atoms with Crippen molar-refractivity contribution in [3.05, 3.63) is 47.5 Å². The van der Waals surface area contributed by atoms with Crippen molar-refractivity contribution >= 4 is 58.2 Å². The molecule has 0 aromatic heterocycles. The Kier molecular flexibility index (Phi) is 7.45. The fourth-order valence-corrected chi connectivity index (χ4v) is 3.19. The lowest BCUT2D eigenvalue weighted by Gasteiger charge is -2.25. The van der Waals surface area contributed by atoms with Crippen LogP contribution in [0.15, 0.2) is 52.3 Å². The van der Waals surface area contributed by atoms with Crippen LogP contribution in [-0.2, 0) is 9.59 Å². The van der Waals surface area contributed by atoms with Gasteiger partial charge in [0.1, 0.15) is 5.88 Å². The Morgan fingerprint density at radius 3 is 2.17 bits per heavy atom. The molecule has 11 heteroatoms. The Hall–Kier alpha value is -1.94. The third-order valence-electron chi connectivity index (χ3n) is 3.68. The van der Waals surface area contributed by atoms with E-state index in [1.54, 1.807) is 30.3 Å². The molecule has 0 bridgehead atoms. The van der Waals surface area contributed by atoms with Gasteiger partial charge in [-0.25, -0.2) is 0 Å². The first-order valence-corrected chi connectivity index (χ1v) is 9.71. The zero-order valence-electron chi connectivity index (χ0n) is 14.8. The summed E-state index contributed by atoms with van der Waals surface area (Å²) >= 11 is 12.8. The van der Waals surface area contributed by atoms with Gasteiger partial charge in [0.25, 0.3) is 5.91 Å². The van der Waals surface area contributed by atoms with Gasteiger partial charge in [-0.3, -0.25) is 9.59 Å². The second kappa shape index (κ2) is 9.25. The summed E-state index contributed by atoms with van der Waals surface area (Å²) in [6.07, 6.45) is -5.13. The van der Waals surface area contributed by atoms with Crippen LogP contribution in [0.25, 0.3) is 0 Å². The van der Waals surface area contributed by atoms with Crippen molar-refractivity contribution in [3.8, 4) is 0 Å². The number of carbonyl (C=O) groups excluding carboxylic acids is 2. The minimum atomic E-state index is -5.13. The number of alkyl halides is 4. The molecule has 3 N–H and O–H groups in total. The van der Waals surface area contributed by atoms with E-state index in [1.807, 2.05) is 5.32 Å². The summed E-state index contributed by atoms with van der Waals surface area (Å²) in [7, 11) is 0. The molecule has 2 aromatic carbocycles. The lowest BCUT2D eigenvalue weighted by molar-refractivity contribution is -0.242. The van der Waals surface area contributed by atoms with Gasteiger partial charge in [-0.1, -0.05) is 23.4 Å². The van der Waals surface area contributed by atoms with Crippen molar-refractivity contribution in [2.75, 3.05) is 16.5 Å². The van der Waals surface area contributed by atoms with Crippen LogP contribution in [0.2, 0.25) is 5.02 Å². The fourth-order valence-electron chi connectivity index (χ4n) is 1.97. The fraction of sp³-hybridized carbons (Fsp3) is 0.222. The number of hydrogen-bond acceptors (Lipinski definition) is 4. The highest BCUT2D eigenvalue weighted by Gasteiger charge is 2.55. The van der Waals surface area contributed by atoms with Crippen LogP contribution in [-0.4, -0.2) is 34.6 Å². The monoisotopic (exact) mass is 466 g/mol. The summed E-state index contributed by atoms with van der Waals surface area (Å²) in [6, 6.07) is 11.2. The van der Waals surface area contributed by atoms with E-state index in [-0.39, 0.29) is 22.5 Å². The average Bonchev–Trinajstić information content (AvgIpc) is 2.64. The number of carbonyl (C=O) groups is 2. The number of amides is 2. The van der Waals surface area contributed by atoms with Gasteiger partial charge in [0.15, 0.2) is 0 Å². The van der Waals surface area contributed by atoms with E-state index in [1.165, 1.54) is 23.9 Å². The molecule has 156 valence electrons. The summed E-state index contributed by atoms with van der Waals surface area (Å²) in [5.41, 5.74) is -3.04. The van der Waals surface area contributed by atoms with E-state index < -0.39 is 17.7 Å². The highest BCUT2D eigenvalue weighted by molar-refractivity contribution is 7.99. The van der Waals surface area contributed by atoms with E-state index >= 15 is 0 Å². The van der Waals surface area contributed by atoms with Gasteiger partial charge in [0.05, 0.1) is 10.7 Å². The molecule has 0 aliphatic carbocycles. The van der Waals surface area contributed by atoms with Gasteiger partial charge >= 0.3 is 6.18 Å². The average molecular weight is 467 g/mol. The summed E-state index contributed by atoms with van der Waals surface area (Å²) in [4.78, 5) is 24.5. The van der Waals surface area contributed by atoms with Crippen molar-refractivity contribution in [2.45, 2.75) is 28.5 Å². The standard InChI is InChI=1S/C18H15Cl2F3N2O3S/c1-17(28,18(21,22)23)16(27)25-14-7-6-12(8-13(14)20)29-11-4-2-10(3-5-11)24-15(26)9-19/h2-8,28H,9H2,1H3,(H,24,26)(H,25,27). The molecule has 0 spiro atoms. The molecule has 5 nitrogen and oxygen atoms in total. The highest BCUT2D eigenvalue weighted by atomic mass is 35.5. The lowest BCUT2D eigenvalue weighted by Crippen LogP contribution is -2.52. The minimum absolute atomic E-state index is 0.00678. The van der Waals surface area contributed by atoms with Crippen molar-refractivity contribution in [2.24, 2.45) is 0 Å². The Labute approximate surface area is 178 Å². The number of anilines is 2. The predicted molar refractivity (Wildman–Crippen MR) is 107 cm³/mol. The normalized spacial score (nSPS) is 13.5. The molecule has 1 atom stereocenters. The minimum Gasteiger partial charge on any atom is -0.373 e. The molecule has 0 heterocycles. The van der Waals surface area contributed by atoms with Crippen molar-refractivity contribution < 1.29 is 27.9 Å². The van der Waals surface area contributed by atoms with Crippen LogP contribution in [0.1, 0.15) is 6.92 Å². The molecule has 2 rings (SSSR count). The van der Waals surface area contributed by atoms with Crippen molar-refractivity contribution in [3.63, 3.8) is 0 Å². The quantitative estimate of drug-likeness (QED) is 0.527. The first kappa shape index (κ1) is 23.3. The second-order valence-electron chi connectivity index (χ2n) is 5.97. The Morgan fingerprint density at radius 1 is 1.07 bits per heavy atom. The highest BCUT2D eigenvalue weighted by Crippen LogP contribution is 2.35. The second-order valence-corrected chi connectivity index (χ2v) is 7.80. The molecule has 0 radical (unpaired) electrons. The van der Waals surface area contributed by atoms with Gasteiger partial charge < -0.3 is 15.7 Å². The van der Waals surface area contributed by atoms with E-state index in [9.17, 15) is 27.9 Å². The first-order valence-electron chi connectivity index (χ1n) is 7.98. The number of halogens is 5. The predicted octanol–water partition coefficient (Wildman–Crippen LogP) is 4.92. The number of aliphatic hydroxyl groups is 1. The summed E-state index contributed by atoms with van der Waals surface area (Å²) in [5.74, 6) is -2.13. The summed E-state index contributed by atoms with van der Waals surface area (Å²) < 4.78 is 38.2. The van der Waals surface area contributed by atoms with Gasteiger partial charge in [-0.05, 0) is 49.4 Å². The first-order chi connectivity index (χ1) is 13.4. The maximum atomic E-state index is 12.7. The third kappa shape index (κ3) is 6.02. The Morgan fingerprint density at radius 2 is 1.66 bits per heavy atom. The lowest BCUT2D eigenvalue weighted by atomic mass is 10.1. The van der Waals surface area contributed by atoms with Gasteiger partial charge in [0, 0.05) is 15.5 Å². The molecule has 0 aliphatic rings. The largest absolute Gasteiger partial charge is 0.426 e. The molecular formula is C18H15Cl2F3N2O3S. The summed E-state index contributed by atoms with van der Waals surface area (Å²) in [5, 5.41) is 14.0. The van der Waals surface area contributed by atoms with Crippen LogP contribution in [0.4, 0.5) is 24.5 Å². The van der Waals surface area contributed by atoms with Crippen LogP contribution < -0.4 is 10.6 Å². The topological polar surface area (TPSA) is 78.4 Å². The molecule has 29 heavy (non-hydrogen) atoms. The van der Waals surface area contributed by atoms with E-state index in [0.717, 1.165) is 4.90 Å². The van der Waals surface area contributed by atoms with E-state index in [4.69, 9.17) is 23.2 Å². The van der Waals surface area contributed by atoms with E-state index in [2.05, 4.69) is 5.32 Å². The molecule has 2 aromatic rings. The Bertz CT molecular complexity index is 906. The van der Waals surface area contributed by atoms with Crippen LogP contribution >= 0.6 is 35.0 Å². The number of nitrogens with one attached hydrogen (secondary N) is 2. The molecule has 0 aliphatic heterocycles. The SMILES string of the molecule is CC(O)(C(=O)Nc1ccc(Sc2ccc(NC(=O)CCl)cc2)cc1Cl)C(F)(F)F. The van der Waals surface area contributed by atoms with Crippen LogP contribution in [0, 0.1) is 0 Å². The van der Waals surface area contributed by atoms with Crippen molar-refractivity contribution in [1.82, 2.24) is 0 Å². The van der Waals surface area contributed by atoms with E-state index in [0.29, 0.717) is 17.5 Å². The molecule has 0 saturated carbocycles. The van der Waals surface area contributed by atoms with Gasteiger partial charge in [-0.2, -0.15) is 13.2 Å². The van der Waals surface area contributed by atoms with Crippen LogP contribution in [0.5, 0.6) is 0 Å². The van der Waals surface area contributed by atoms with Gasteiger partial charge in [-0.15, -0.1) is 11.6 Å². The molecule has 2 amide bonds. The molecular weight excluding hydrogens is 452 g/mol. The molecule has 0 fully saturated rings. The smallest absolute Gasteiger partial charge is 0.373 e. The Balaban J connectivity index is 2.08. The van der Waals surface area contributed by atoms with Crippen molar-refractivity contribution in [1.29, 1.82) is 0 Å². The number of hydrogen-bond donors (Lipinski definition) is 3. The van der Waals surface area contributed by atoms with Crippen LogP contribution in [0.3, 0.4) is 0 Å².